The second-order valence-corrected chi connectivity index (χ2v) is 3.19. The Balaban J connectivity index is 2.97. The van der Waals surface area contributed by atoms with Crippen molar-refractivity contribution in [3.63, 3.8) is 0 Å². The first-order chi connectivity index (χ1) is 7.34. The summed E-state index contributed by atoms with van der Waals surface area (Å²) in [5.74, 6) is -1.04. The lowest BCUT2D eigenvalue weighted by Gasteiger charge is -2.13. The summed E-state index contributed by atoms with van der Waals surface area (Å²) in [5.41, 5.74) is 5.94. The lowest BCUT2D eigenvalue weighted by atomic mass is 10.0. The molecular weight excluding hydrogens is 224 g/mol. The van der Waals surface area contributed by atoms with E-state index in [9.17, 15) is 17.6 Å². The lowest BCUT2D eigenvalue weighted by Crippen LogP contribution is -2.08. The molecule has 16 heavy (non-hydrogen) atoms. The van der Waals surface area contributed by atoms with E-state index in [1.54, 1.807) is 6.07 Å². The van der Waals surface area contributed by atoms with Gasteiger partial charge in [-0.15, -0.1) is 0 Å². The summed E-state index contributed by atoms with van der Waals surface area (Å²) < 4.78 is 49.7. The minimum atomic E-state index is -4.59. The minimum Gasteiger partial charge on any atom is -0.662 e. The van der Waals surface area contributed by atoms with Crippen molar-refractivity contribution in [2.45, 2.75) is 18.6 Å². The molecule has 0 aliphatic heterocycles. The summed E-state index contributed by atoms with van der Waals surface area (Å²) in [5, 5.41) is 8.33. The Morgan fingerprint density at radius 2 is 2.00 bits per heavy atom. The van der Waals surface area contributed by atoms with Gasteiger partial charge in [0.05, 0.1) is 5.56 Å². The van der Waals surface area contributed by atoms with E-state index in [1.807, 2.05) is 0 Å². The molecule has 0 fully saturated rings. The molecule has 0 spiro atoms. The lowest BCUT2D eigenvalue weighted by molar-refractivity contribution is -0.137. The van der Waals surface area contributed by atoms with Gasteiger partial charge in [0, 0.05) is 6.07 Å². The summed E-state index contributed by atoms with van der Waals surface area (Å²) in [6.45, 7) is 0. The number of hydrogen-bond acceptors (Lipinski definition) is 1. The second kappa shape index (κ2) is 4.49. The van der Waals surface area contributed by atoms with Gasteiger partial charge in [-0.1, -0.05) is 6.07 Å². The molecule has 1 atom stereocenters. The van der Waals surface area contributed by atoms with Crippen LogP contribution in [0.25, 0.3) is 5.73 Å². The maximum absolute atomic E-state index is 13.2. The summed E-state index contributed by atoms with van der Waals surface area (Å²) in [6, 6.07) is 2.46. The van der Waals surface area contributed by atoms with Crippen LogP contribution in [0.2, 0.25) is 0 Å². The van der Waals surface area contributed by atoms with Crippen LogP contribution in [0.3, 0.4) is 0 Å². The van der Waals surface area contributed by atoms with Crippen molar-refractivity contribution in [1.82, 2.24) is 0 Å². The largest absolute Gasteiger partial charge is 0.662 e. The third kappa shape index (κ3) is 2.94. The fourth-order valence-corrected chi connectivity index (χ4v) is 1.15. The van der Waals surface area contributed by atoms with Gasteiger partial charge in [0.1, 0.15) is 5.82 Å². The third-order valence-electron chi connectivity index (χ3n) is 1.96. The maximum atomic E-state index is 13.2. The van der Waals surface area contributed by atoms with Crippen molar-refractivity contribution >= 4 is 0 Å². The van der Waals surface area contributed by atoms with Crippen LogP contribution >= 0.6 is 0 Å². The molecule has 1 aromatic rings. The monoisotopic (exact) mass is 231 g/mol. The van der Waals surface area contributed by atoms with Gasteiger partial charge in [-0.25, -0.2) is 4.39 Å². The predicted molar refractivity (Wildman–Crippen MR) is 48.8 cm³/mol. The number of nitrogens with one attached hydrogen (secondary N) is 1. The highest BCUT2D eigenvalue weighted by atomic mass is 19.4. The summed E-state index contributed by atoms with van der Waals surface area (Å²) >= 11 is 0. The van der Waals surface area contributed by atoms with Gasteiger partial charge < -0.3 is 5.73 Å². The molecule has 1 unspecified atom stereocenters. The molecule has 1 rings (SSSR count). The van der Waals surface area contributed by atoms with E-state index in [4.69, 9.17) is 11.0 Å². The van der Waals surface area contributed by atoms with Crippen LogP contribution in [0.5, 0.6) is 0 Å². The van der Waals surface area contributed by atoms with Gasteiger partial charge >= 0.3 is 6.18 Å². The summed E-state index contributed by atoms with van der Waals surface area (Å²) in [4.78, 5) is 0. The highest BCUT2D eigenvalue weighted by Crippen LogP contribution is 2.30. The molecular formula is C10H7F4N2-. The van der Waals surface area contributed by atoms with E-state index in [-0.39, 0.29) is 12.0 Å². The molecule has 0 aromatic heterocycles. The Kier molecular flexibility index (Phi) is 3.50. The Morgan fingerprint density at radius 1 is 1.38 bits per heavy atom. The molecule has 86 valence electrons. The van der Waals surface area contributed by atoms with E-state index < -0.39 is 23.6 Å². The number of rotatable bonds is 2. The molecule has 0 saturated heterocycles. The Labute approximate surface area is 89.3 Å². The van der Waals surface area contributed by atoms with Gasteiger partial charge in [0.25, 0.3) is 0 Å². The zero-order valence-corrected chi connectivity index (χ0v) is 7.98. The summed E-state index contributed by atoms with van der Waals surface area (Å²) in [6.07, 6.45) is -4.81. The van der Waals surface area contributed by atoms with Crippen LogP contribution < -0.4 is 0 Å². The zero-order chi connectivity index (χ0) is 12.3. The number of nitrogens with zero attached hydrogens (tertiary/aromatic N) is 1. The molecule has 1 N–H and O–H groups in total. The number of nitriles is 1. The van der Waals surface area contributed by atoms with Gasteiger partial charge in [-0.05, 0) is 30.2 Å². The van der Waals surface area contributed by atoms with Crippen LogP contribution in [0, 0.1) is 17.1 Å². The standard InChI is InChI=1S/C10H7F4N2/c11-9-4-7(10(12,13)14)2-1-6(9)3-8(16)5-15/h1-2,4,8,16H,3H2/q-1. The van der Waals surface area contributed by atoms with E-state index in [0.29, 0.717) is 6.07 Å². The average molecular weight is 231 g/mol. The van der Waals surface area contributed by atoms with Crippen molar-refractivity contribution in [1.29, 1.82) is 5.26 Å². The van der Waals surface area contributed by atoms with E-state index in [0.717, 1.165) is 12.1 Å². The topological polar surface area (TPSA) is 47.6 Å². The van der Waals surface area contributed by atoms with Gasteiger partial charge in [-0.3, -0.25) is 0 Å². The molecule has 0 radical (unpaired) electrons. The van der Waals surface area contributed by atoms with Crippen molar-refractivity contribution in [2.24, 2.45) is 0 Å². The van der Waals surface area contributed by atoms with Crippen molar-refractivity contribution in [3.05, 3.63) is 40.9 Å². The molecule has 0 aliphatic rings. The van der Waals surface area contributed by atoms with E-state index >= 15 is 0 Å². The maximum Gasteiger partial charge on any atom is 0.416 e. The molecule has 0 aliphatic carbocycles. The molecule has 0 amide bonds. The Bertz CT molecular complexity index is 420. The van der Waals surface area contributed by atoms with Crippen LogP contribution in [0.1, 0.15) is 11.1 Å². The SMILES string of the molecule is N#CC([NH-])Cc1ccc(C(F)(F)F)cc1F. The second-order valence-electron chi connectivity index (χ2n) is 3.19. The van der Waals surface area contributed by atoms with Crippen LogP contribution in [0.4, 0.5) is 17.6 Å². The first kappa shape index (κ1) is 12.5. The molecule has 0 bridgehead atoms. The smallest absolute Gasteiger partial charge is 0.416 e. The first-order valence-corrected chi connectivity index (χ1v) is 4.31. The van der Waals surface area contributed by atoms with E-state index in [2.05, 4.69) is 0 Å². The fourth-order valence-electron chi connectivity index (χ4n) is 1.15. The zero-order valence-electron chi connectivity index (χ0n) is 7.98. The van der Waals surface area contributed by atoms with Crippen LogP contribution in [0.15, 0.2) is 18.2 Å². The van der Waals surface area contributed by atoms with Crippen LogP contribution in [-0.4, -0.2) is 6.04 Å². The van der Waals surface area contributed by atoms with E-state index in [1.165, 1.54) is 0 Å². The molecule has 0 heterocycles. The molecule has 1 aromatic carbocycles. The Hall–Kier alpha value is -1.61. The number of halogens is 4. The quantitative estimate of drug-likeness (QED) is 0.720. The first-order valence-electron chi connectivity index (χ1n) is 4.31. The minimum absolute atomic E-state index is 0.0606. The average Bonchev–Trinajstić information content (AvgIpc) is 2.19. The normalized spacial score (nSPS) is 13.2. The van der Waals surface area contributed by atoms with Crippen LogP contribution in [-0.2, 0) is 12.6 Å². The third-order valence-corrected chi connectivity index (χ3v) is 1.96. The van der Waals surface area contributed by atoms with Gasteiger partial charge in [0.15, 0.2) is 0 Å². The van der Waals surface area contributed by atoms with Gasteiger partial charge in [0.2, 0.25) is 0 Å². The predicted octanol–water partition coefficient (Wildman–Crippen LogP) is 3.33. The number of benzene rings is 1. The summed E-state index contributed by atoms with van der Waals surface area (Å²) in [7, 11) is 0. The van der Waals surface area contributed by atoms with Gasteiger partial charge in [-0.2, -0.15) is 18.4 Å². The number of hydrogen-bond donors (Lipinski definition) is 0. The fraction of sp³-hybridized carbons (Fsp3) is 0.300. The number of alkyl halides is 3. The highest BCUT2D eigenvalue weighted by Gasteiger charge is 2.31. The van der Waals surface area contributed by atoms with Crippen molar-refractivity contribution in [3.8, 4) is 6.07 Å². The molecule has 6 heteroatoms. The highest BCUT2D eigenvalue weighted by molar-refractivity contribution is 5.28. The van der Waals surface area contributed by atoms with Crippen molar-refractivity contribution < 1.29 is 17.6 Å². The Morgan fingerprint density at radius 3 is 2.44 bits per heavy atom. The molecule has 0 saturated carbocycles. The molecule has 2 nitrogen and oxygen atoms in total. The van der Waals surface area contributed by atoms with Crippen molar-refractivity contribution in [2.75, 3.05) is 0 Å².